The Morgan fingerprint density at radius 3 is 2.12 bits per heavy atom. The molecule has 0 saturated heterocycles. The summed E-state index contributed by atoms with van der Waals surface area (Å²) in [5.41, 5.74) is 0.643. The van der Waals surface area contributed by atoms with Crippen LogP contribution in [0.4, 0.5) is 0 Å². The quantitative estimate of drug-likeness (QED) is 0.595. The number of fused-ring (bicyclic) bond motifs is 1. The number of hydrogen-bond acceptors (Lipinski definition) is 4. The Bertz CT molecular complexity index is 460. The van der Waals surface area contributed by atoms with Gasteiger partial charge in [-0.15, -0.1) is 0 Å². The second kappa shape index (κ2) is 4.39. The standard InChI is InChI=1S/C12H11NO4/c14-6-5-8(7-15)13-11(16)9-3-1-2-4-10(9)12(13)17/h1-6,8,14-15H,7H2/b6-5+. The van der Waals surface area contributed by atoms with Crippen LogP contribution in [0.5, 0.6) is 0 Å². The van der Waals surface area contributed by atoms with Gasteiger partial charge in [-0.3, -0.25) is 14.5 Å². The summed E-state index contributed by atoms with van der Waals surface area (Å²) in [6.07, 6.45) is 1.91. The van der Waals surface area contributed by atoms with Gasteiger partial charge in [-0.1, -0.05) is 12.1 Å². The van der Waals surface area contributed by atoms with Gasteiger partial charge < -0.3 is 10.2 Å². The minimum Gasteiger partial charge on any atom is -0.516 e. The molecule has 1 atom stereocenters. The summed E-state index contributed by atoms with van der Waals surface area (Å²) in [5.74, 6) is -0.912. The molecule has 0 saturated carbocycles. The first kappa shape index (κ1) is 11.3. The molecule has 0 bridgehead atoms. The summed E-state index contributed by atoms with van der Waals surface area (Å²) < 4.78 is 0. The zero-order valence-corrected chi connectivity index (χ0v) is 8.91. The molecule has 1 aromatic rings. The maximum Gasteiger partial charge on any atom is 0.262 e. The summed E-state index contributed by atoms with van der Waals surface area (Å²) in [6, 6.07) is 5.62. The van der Waals surface area contributed by atoms with E-state index in [-0.39, 0.29) is 0 Å². The molecule has 2 N–H and O–H groups in total. The maximum absolute atomic E-state index is 12.0. The van der Waals surface area contributed by atoms with E-state index >= 15 is 0 Å². The minimum atomic E-state index is -0.840. The molecule has 2 amide bonds. The molecule has 0 spiro atoms. The molecular formula is C12H11NO4. The van der Waals surface area contributed by atoms with Crippen LogP contribution in [0.15, 0.2) is 36.6 Å². The van der Waals surface area contributed by atoms with Gasteiger partial charge in [0.05, 0.1) is 30.0 Å². The Morgan fingerprint density at radius 2 is 1.71 bits per heavy atom. The van der Waals surface area contributed by atoms with Gasteiger partial charge in [0.15, 0.2) is 0 Å². The Labute approximate surface area is 97.6 Å². The number of benzene rings is 1. The first-order valence-corrected chi connectivity index (χ1v) is 5.09. The van der Waals surface area contributed by atoms with Crippen molar-refractivity contribution in [3.8, 4) is 0 Å². The first-order chi connectivity index (χ1) is 8.20. The fraction of sp³-hybridized carbons (Fsp3) is 0.167. The van der Waals surface area contributed by atoms with Crippen molar-refractivity contribution in [2.45, 2.75) is 6.04 Å². The number of rotatable bonds is 3. The van der Waals surface area contributed by atoms with Crippen LogP contribution in [-0.4, -0.2) is 39.6 Å². The monoisotopic (exact) mass is 233 g/mol. The molecule has 0 aliphatic carbocycles. The van der Waals surface area contributed by atoms with Crippen LogP contribution in [0.3, 0.4) is 0 Å². The summed E-state index contributed by atoms with van der Waals surface area (Å²) in [6.45, 7) is -0.428. The molecule has 88 valence electrons. The fourth-order valence-electron chi connectivity index (χ4n) is 1.84. The molecule has 0 radical (unpaired) electrons. The van der Waals surface area contributed by atoms with E-state index in [2.05, 4.69) is 0 Å². The van der Waals surface area contributed by atoms with Gasteiger partial charge in [0, 0.05) is 0 Å². The highest BCUT2D eigenvalue weighted by Crippen LogP contribution is 2.24. The van der Waals surface area contributed by atoms with Gasteiger partial charge in [0.2, 0.25) is 0 Å². The smallest absolute Gasteiger partial charge is 0.262 e. The van der Waals surface area contributed by atoms with Crippen molar-refractivity contribution >= 4 is 11.8 Å². The topological polar surface area (TPSA) is 77.8 Å². The highest BCUT2D eigenvalue weighted by molar-refractivity contribution is 6.21. The lowest BCUT2D eigenvalue weighted by atomic mass is 10.1. The molecule has 1 heterocycles. The summed E-state index contributed by atoms with van der Waals surface area (Å²) in [5, 5.41) is 17.8. The van der Waals surface area contributed by atoms with Gasteiger partial charge in [0.1, 0.15) is 0 Å². The third-order valence-electron chi connectivity index (χ3n) is 2.65. The van der Waals surface area contributed by atoms with Crippen LogP contribution in [0.25, 0.3) is 0 Å². The number of hydrogen-bond donors (Lipinski definition) is 2. The summed E-state index contributed by atoms with van der Waals surface area (Å²) in [4.78, 5) is 24.9. The van der Waals surface area contributed by atoms with Crippen molar-refractivity contribution in [3.05, 3.63) is 47.7 Å². The highest BCUT2D eigenvalue weighted by atomic mass is 16.3. The first-order valence-electron chi connectivity index (χ1n) is 5.09. The van der Waals surface area contributed by atoms with E-state index in [9.17, 15) is 9.59 Å². The van der Waals surface area contributed by atoms with Crippen molar-refractivity contribution < 1.29 is 19.8 Å². The van der Waals surface area contributed by atoms with Gasteiger partial charge >= 0.3 is 0 Å². The zero-order valence-electron chi connectivity index (χ0n) is 8.91. The van der Waals surface area contributed by atoms with Crippen LogP contribution < -0.4 is 0 Å². The number of carbonyl (C=O) groups is 2. The second-order valence-corrected chi connectivity index (χ2v) is 3.62. The molecule has 2 rings (SSSR count). The van der Waals surface area contributed by atoms with E-state index in [1.165, 1.54) is 6.08 Å². The maximum atomic E-state index is 12.0. The number of aliphatic hydroxyl groups is 2. The molecule has 0 fully saturated rings. The number of nitrogens with zero attached hydrogens (tertiary/aromatic N) is 1. The molecule has 5 heteroatoms. The van der Waals surface area contributed by atoms with E-state index in [0.717, 1.165) is 4.90 Å². The molecule has 0 aromatic heterocycles. The molecule has 5 nitrogen and oxygen atoms in total. The van der Waals surface area contributed by atoms with Crippen molar-refractivity contribution in [1.29, 1.82) is 0 Å². The average molecular weight is 233 g/mol. The summed E-state index contributed by atoms with van der Waals surface area (Å²) in [7, 11) is 0. The fourth-order valence-corrected chi connectivity index (χ4v) is 1.84. The van der Waals surface area contributed by atoms with Crippen LogP contribution in [0.2, 0.25) is 0 Å². The molecule has 17 heavy (non-hydrogen) atoms. The lowest BCUT2D eigenvalue weighted by Gasteiger charge is -2.20. The van der Waals surface area contributed by atoms with Crippen molar-refractivity contribution in [1.82, 2.24) is 4.90 Å². The van der Waals surface area contributed by atoms with E-state index in [1.54, 1.807) is 24.3 Å². The zero-order chi connectivity index (χ0) is 12.4. The SMILES string of the molecule is O=C1c2ccccc2C(=O)N1C(/C=C/O)CO. The van der Waals surface area contributed by atoms with E-state index in [0.29, 0.717) is 17.4 Å². The van der Waals surface area contributed by atoms with E-state index < -0.39 is 24.5 Å². The Hall–Kier alpha value is -2.14. The molecular weight excluding hydrogens is 222 g/mol. The predicted molar refractivity (Wildman–Crippen MR) is 59.6 cm³/mol. The summed E-state index contributed by atoms with van der Waals surface area (Å²) >= 11 is 0. The number of imide groups is 1. The second-order valence-electron chi connectivity index (χ2n) is 3.62. The minimum absolute atomic E-state index is 0.322. The number of amides is 2. The molecule has 1 aliphatic rings. The third-order valence-corrected chi connectivity index (χ3v) is 2.65. The van der Waals surface area contributed by atoms with Gasteiger partial charge in [-0.2, -0.15) is 0 Å². The largest absolute Gasteiger partial charge is 0.516 e. The lowest BCUT2D eigenvalue weighted by Crippen LogP contribution is -2.40. The van der Waals surface area contributed by atoms with E-state index in [4.69, 9.17) is 10.2 Å². The van der Waals surface area contributed by atoms with Crippen molar-refractivity contribution in [2.75, 3.05) is 6.61 Å². The lowest BCUT2D eigenvalue weighted by molar-refractivity contribution is 0.0563. The third kappa shape index (κ3) is 1.70. The van der Waals surface area contributed by atoms with Crippen LogP contribution in [0, 0.1) is 0 Å². The van der Waals surface area contributed by atoms with Gasteiger partial charge in [-0.25, -0.2) is 0 Å². The molecule has 1 aliphatic heterocycles. The van der Waals surface area contributed by atoms with Crippen LogP contribution in [0.1, 0.15) is 20.7 Å². The Morgan fingerprint density at radius 1 is 1.18 bits per heavy atom. The van der Waals surface area contributed by atoms with Gasteiger partial charge in [0.25, 0.3) is 11.8 Å². The van der Waals surface area contributed by atoms with Crippen molar-refractivity contribution in [2.24, 2.45) is 0 Å². The molecule has 1 unspecified atom stereocenters. The van der Waals surface area contributed by atoms with Crippen LogP contribution in [-0.2, 0) is 0 Å². The van der Waals surface area contributed by atoms with Crippen LogP contribution >= 0.6 is 0 Å². The van der Waals surface area contributed by atoms with E-state index in [1.807, 2.05) is 0 Å². The number of carbonyl (C=O) groups excluding carboxylic acids is 2. The number of aliphatic hydroxyl groups excluding tert-OH is 2. The Balaban J connectivity index is 2.42. The Kier molecular flexibility index (Phi) is 2.93. The average Bonchev–Trinajstić information content (AvgIpc) is 2.61. The normalized spacial score (nSPS) is 16.6. The van der Waals surface area contributed by atoms with Crippen molar-refractivity contribution in [3.63, 3.8) is 0 Å². The van der Waals surface area contributed by atoms with Gasteiger partial charge in [-0.05, 0) is 18.2 Å². The highest BCUT2D eigenvalue weighted by Gasteiger charge is 2.38. The predicted octanol–water partition coefficient (Wildman–Crippen LogP) is 0.715. The molecule has 1 aromatic carbocycles.